The zero-order chi connectivity index (χ0) is 16.9. The maximum absolute atomic E-state index is 11.3. The predicted octanol–water partition coefficient (Wildman–Crippen LogP) is 4.14. The summed E-state index contributed by atoms with van der Waals surface area (Å²) < 4.78 is 0. The van der Waals surface area contributed by atoms with Crippen molar-refractivity contribution < 1.29 is 9.90 Å². The molecular weight excluding hydrogens is 324 g/mol. The Morgan fingerprint density at radius 2 is 1.83 bits per heavy atom. The third-order valence-electron chi connectivity index (χ3n) is 3.94. The van der Waals surface area contributed by atoms with Gasteiger partial charge in [-0.3, -0.25) is 0 Å². The van der Waals surface area contributed by atoms with Crippen LogP contribution in [-0.4, -0.2) is 21.0 Å². The lowest BCUT2D eigenvalue weighted by Crippen LogP contribution is -2.03. The number of halogens is 1. The van der Waals surface area contributed by atoms with Crippen LogP contribution in [0.3, 0.4) is 0 Å². The average molecular weight is 341 g/mol. The molecule has 0 aliphatic heterocycles. The van der Waals surface area contributed by atoms with Gasteiger partial charge in [0.2, 0.25) is 0 Å². The number of H-pyrrole nitrogens is 1. The van der Waals surface area contributed by atoms with E-state index in [1.807, 2.05) is 6.20 Å². The van der Waals surface area contributed by atoms with E-state index in [0.29, 0.717) is 17.0 Å². The molecule has 2 N–H and O–H groups in total. The molecule has 0 saturated carbocycles. The highest BCUT2D eigenvalue weighted by Gasteiger charge is 2.10. The fraction of sp³-hybridized carbons (Fsp3) is 0.158. The average Bonchev–Trinajstić information content (AvgIpc) is 3.07. The summed E-state index contributed by atoms with van der Waals surface area (Å²) in [5.41, 5.74) is 4.44. The Kier molecular flexibility index (Phi) is 4.96. The van der Waals surface area contributed by atoms with E-state index in [9.17, 15) is 9.90 Å². The molecule has 3 aromatic rings. The van der Waals surface area contributed by atoms with Gasteiger partial charge in [-0.05, 0) is 47.7 Å². The van der Waals surface area contributed by atoms with Gasteiger partial charge in [0.05, 0.1) is 17.6 Å². The van der Waals surface area contributed by atoms with Crippen molar-refractivity contribution in [3.8, 4) is 0 Å². The first-order chi connectivity index (χ1) is 11.6. The number of aromatic amines is 1. The number of aromatic carboxylic acids is 1. The fourth-order valence-electron chi connectivity index (χ4n) is 2.68. The van der Waals surface area contributed by atoms with E-state index in [4.69, 9.17) is 11.6 Å². The van der Waals surface area contributed by atoms with Crippen LogP contribution in [0.2, 0.25) is 5.02 Å². The normalized spacial score (nSPS) is 10.7. The zero-order valence-electron chi connectivity index (χ0n) is 13.0. The highest BCUT2D eigenvalue weighted by molar-refractivity contribution is 6.30. The molecule has 0 amide bonds. The molecule has 122 valence electrons. The standard InChI is InChI=1S/C19H17ClN2O2/c20-16-7-8-18(19(23)24)15(10-16)6-5-13-1-3-14(4-2-13)9-17-11-21-12-22-17/h1-4,7-8,10-12H,5-6,9H2,(H,21,22)(H,23,24). The first-order valence-corrected chi connectivity index (χ1v) is 8.07. The summed E-state index contributed by atoms with van der Waals surface area (Å²) >= 11 is 5.99. The molecule has 3 rings (SSSR count). The van der Waals surface area contributed by atoms with Crippen molar-refractivity contribution in [3.05, 3.63) is 88.0 Å². The Labute approximate surface area is 145 Å². The lowest BCUT2D eigenvalue weighted by Gasteiger charge is -2.08. The number of carboxylic acids is 1. The van der Waals surface area contributed by atoms with Crippen LogP contribution in [0.25, 0.3) is 0 Å². The van der Waals surface area contributed by atoms with Gasteiger partial charge in [0, 0.05) is 17.6 Å². The van der Waals surface area contributed by atoms with Crippen molar-refractivity contribution in [2.45, 2.75) is 19.3 Å². The third kappa shape index (κ3) is 4.03. The van der Waals surface area contributed by atoms with E-state index < -0.39 is 5.97 Å². The number of hydrogen-bond donors (Lipinski definition) is 2. The van der Waals surface area contributed by atoms with Crippen LogP contribution < -0.4 is 0 Å². The lowest BCUT2D eigenvalue weighted by molar-refractivity contribution is 0.0695. The number of rotatable bonds is 6. The highest BCUT2D eigenvalue weighted by atomic mass is 35.5. The monoisotopic (exact) mass is 340 g/mol. The second kappa shape index (κ2) is 7.32. The molecule has 0 aliphatic rings. The minimum atomic E-state index is -0.920. The van der Waals surface area contributed by atoms with E-state index in [2.05, 4.69) is 34.2 Å². The van der Waals surface area contributed by atoms with Gasteiger partial charge in [-0.1, -0.05) is 35.9 Å². The fourth-order valence-corrected chi connectivity index (χ4v) is 2.87. The summed E-state index contributed by atoms with van der Waals surface area (Å²) in [5, 5.41) is 9.82. The summed E-state index contributed by atoms with van der Waals surface area (Å²) in [7, 11) is 0. The van der Waals surface area contributed by atoms with Gasteiger partial charge in [-0.25, -0.2) is 9.78 Å². The molecule has 0 bridgehead atoms. The van der Waals surface area contributed by atoms with Crippen molar-refractivity contribution in [1.29, 1.82) is 0 Å². The van der Waals surface area contributed by atoms with E-state index in [1.54, 1.807) is 24.5 Å². The number of carbonyl (C=O) groups is 1. The number of nitrogens with zero attached hydrogens (tertiary/aromatic N) is 1. The maximum atomic E-state index is 11.3. The molecule has 0 aliphatic carbocycles. The largest absolute Gasteiger partial charge is 0.478 e. The van der Waals surface area contributed by atoms with Gasteiger partial charge in [-0.15, -0.1) is 0 Å². The molecule has 0 spiro atoms. The number of aromatic nitrogens is 2. The highest BCUT2D eigenvalue weighted by Crippen LogP contribution is 2.19. The minimum absolute atomic E-state index is 0.314. The second-order valence-corrected chi connectivity index (χ2v) is 6.10. The predicted molar refractivity (Wildman–Crippen MR) is 93.7 cm³/mol. The molecule has 1 aromatic heterocycles. The minimum Gasteiger partial charge on any atom is -0.478 e. The molecule has 4 nitrogen and oxygen atoms in total. The van der Waals surface area contributed by atoms with Crippen molar-refractivity contribution in [1.82, 2.24) is 9.97 Å². The number of imidazole rings is 1. The van der Waals surface area contributed by atoms with Crippen molar-refractivity contribution in [2.24, 2.45) is 0 Å². The molecule has 24 heavy (non-hydrogen) atoms. The van der Waals surface area contributed by atoms with E-state index in [0.717, 1.165) is 29.7 Å². The Morgan fingerprint density at radius 3 is 2.50 bits per heavy atom. The van der Waals surface area contributed by atoms with Gasteiger partial charge >= 0.3 is 5.97 Å². The summed E-state index contributed by atoms with van der Waals surface area (Å²) in [4.78, 5) is 18.5. The number of carboxylic acid groups (broad SMARTS) is 1. The van der Waals surface area contributed by atoms with Crippen LogP contribution in [0.1, 0.15) is 32.7 Å². The van der Waals surface area contributed by atoms with Crippen molar-refractivity contribution in [3.63, 3.8) is 0 Å². The van der Waals surface area contributed by atoms with Gasteiger partial charge < -0.3 is 10.1 Å². The summed E-state index contributed by atoms with van der Waals surface area (Å²) in [5.74, 6) is -0.920. The van der Waals surface area contributed by atoms with Crippen molar-refractivity contribution >= 4 is 17.6 Å². The van der Waals surface area contributed by atoms with Crippen LogP contribution in [0.5, 0.6) is 0 Å². The van der Waals surface area contributed by atoms with Crippen LogP contribution in [0.15, 0.2) is 55.0 Å². The molecule has 1 heterocycles. The third-order valence-corrected chi connectivity index (χ3v) is 4.18. The smallest absolute Gasteiger partial charge is 0.335 e. The topological polar surface area (TPSA) is 66.0 Å². The molecule has 0 unspecified atom stereocenters. The number of benzene rings is 2. The Hall–Kier alpha value is -2.59. The van der Waals surface area contributed by atoms with E-state index >= 15 is 0 Å². The maximum Gasteiger partial charge on any atom is 0.335 e. The molecule has 0 radical (unpaired) electrons. The van der Waals surface area contributed by atoms with Crippen LogP contribution >= 0.6 is 11.6 Å². The van der Waals surface area contributed by atoms with Gasteiger partial charge in [0.15, 0.2) is 0 Å². The quantitative estimate of drug-likeness (QED) is 0.708. The summed E-state index contributed by atoms with van der Waals surface area (Å²) in [6, 6.07) is 13.2. The van der Waals surface area contributed by atoms with Crippen LogP contribution in [0, 0.1) is 0 Å². The molecular formula is C19H17ClN2O2. The Bertz CT molecular complexity index is 827. The molecule has 2 aromatic carbocycles. The van der Waals surface area contributed by atoms with Crippen LogP contribution in [-0.2, 0) is 19.3 Å². The van der Waals surface area contributed by atoms with E-state index in [-0.39, 0.29) is 0 Å². The zero-order valence-corrected chi connectivity index (χ0v) is 13.8. The molecule has 0 fully saturated rings. The lowest BCUT2D eigenvalue weighted by atomic mass is 9.98. The van der Waals surface area contributed by atoms with Gasteiger partial charge in [0.25, 0.3) is 0 Å². The second-order valence-electron chi connectivity index (χ2n) is 5.66. The van der Waals surface area contributed by atoms with Gasteiger partial charge in [-0.2, -0.15) is 0 Å². The Balaban J connectivity index is 1.67. The SMILES string of the molecule is O=C(O)c1ccc(Cl)cc1CCc1ccc(Cc2c[nH]cn2)cc1. The Morgan fingerprint density at radius 1 is 1.08 bits per heavy atom. The summed E-state index contributed by atoms with van der Waals surface area (Å²) in [6.07, 6.45) is 5.76. The van der Waals surface area contributed by atoms with Crippen molar-refractivity contribution in [2.75, 3.05) is 0 Å². The molecule has 5 heteroatoms. The summed E-state index contributed by atoms with van der Waals surface area (Å²) in [6.45, 7) is 0. The number of nitrogens with one attached hydrogen (secondary N) is 1. The van der Waals surface area contributed by atoms with Crippen LogP contribution in [0.4, 0.5) is 0 Å². The first kappa shape index (κ1) is 16.3. The van der Waals surface area contributed by atoms with Gasteiger partial charge in [0.1, 0.15) is 0 Å². The number of hydrogen-bond acceptors (Lipinski definition) is 2. The first-order valence-electron chi connectivity index (χ1n) is 7.69. The number of aryl methyl sites for hydroxylation is 2. The molecule has 0 atom stereocenters. The molecule has 0 saturated heterocycles. The van der Waals surface area contributed by atoms with E-state index in [1.165, 1.54) is 5.56 Å².